The molecule has 0 saturated carbocycles. The molecule has 1 atom stereocenters. The average molecular weight is 279 g/mol. The summed E-state index contributed by atoms with van der Waals surface area (Å²) in [6.45, 7) is 3.28. The first kappa shape index (κ1) is 15.5. The highest BCUT2D eigenvalue weighted by Crippen LogP contribution is 2.28. The van der Waals surface area contributed by atoms with Crippen LogP contribution in [-0.2, 0) is 22.3 Å². The van der Waals surface area contributed by atoms with Crippen LogP contribution in [0.1, 0.15) is 18.3 Å². The number of nitrogens with zero attached hydrogens (tertiary/aromatic N) is 2. The van der Waals surface area contributed by atoms with E-state index >= 15 is 0 Å². The molecule has 0 aliphatic heterocycles. The average Bonchev–Trinajstić information content (AvgIpc) is 2.60. The van der Waals surface area contributed by atoms with E-state index in [1.54, 1.807) is 6.92 Å². The highest BCUT2D eigenvalue weighted by atomic mass is 19.4. The summed E-state index contributed by atoms with van der Waals surface area (Å²) >= 11 is 0. The molecule has 0 aliphatic carbocycles. The van der Waals surface area contributed by atoms with E-state index < -0.39 is 17.8 Å². The van der Waals surface area contributed by atoms with Gasteiger partial charge in [-0.25, -0.2) is 0 Å². The molecule has 0 fully saturated rings. The third kappa shape index (κ3) is 4.55. The molecule has 0 radical (unpaired) electrons. The number of hydrogen-bond donors (Lipinski definition) is 1. The molecule has 1 heterocycles. The molecule has 8 heteroatoms. The van der Waals surface area contributed by atoms with Crippen LogP contribution in [0.4, 0.5) is 13.2 Å². The molecule has 5 nitrogen and oxygen atoms in total. The van der Waals surface area contributed by atoms with E-state index in [2.05, 4.69) is 10.4 Å². The lowest BCUT2D eigenvalue weighted by Crippen LogP contribution is -2.38. The predicted octanol–water partition coefficient (Wildman–Crippen LogP) is 1.36. The first-order valence-electron chi connectivity index (χ1n) is 5.64. The van der Waals surface area contributed by atoms with Gasteiger partial charge in [0.15, 0.2) is 5.69 Å². The van der Waals surface area contributed by atoms with Crippen LogP contribution < -0.4 is 5.32 Å². The van der Waals surface area contributed by atoms with Gasteiger partial charge in [-0.15, -0.1) is 0 Å². The highest BCUT2D eigenvalue weighted by molar-refractivity contribution is 5.76. The van der Waals surface area contributed by atoms with Gasteiger partial charge in [-0.05, 0) is 19.9 Å². The standard InChI is InChI=1S/C11H16F3N3O2/c1-7(6-19-3)15-10(18)5-17-8(2)4-9(16-17)11(12,13)14/h4,7H,5-6H2,1-3H3,(H,15,18)/t7-/m0/s1. The fourth-order valence-corrected chi connectivity index (χ4v) is 1.56. The summed E-state index contributed by atoms with van der Waals surface area (Å²) in [7, 11) is 1.50. The van der Waals surface area contributed by atoms with Gasteiger partial charge in [0.1, 0.15) is 6.54 Å². The highest BCUT2D eigenvalue weighted by Gasteiger charge is 2.34. The van der Waals surface area contributed by atoms with Crippen molar-refractivity contribution in [2.45, 2.75) is 32.6 Å². The van der Waals surface area contributed by atoms with Crippen LogP contribution >= 0.6 is 0 Å². The third-order valence-electron chi connectivity index (χ3n) is 2.39. The van der Waals surface area contributed by atoms with E-state index in [0.29, 0.717) is 6.61 Å². The van der Waals surface area contributed by atoms with Crippen molar-refractivity contribution < 1.29 is 22.7 Å². The van der Waals surface area contributed by atoms with Crippen LogP contribution in [0.3, 0.4) is 0 Å². The van der Waals surface area contributed by atoms with Crippen LogP contribution in [0.5, 0.6) is 0 Å². The van der Waals surface area contributed by atoms with E-state index in [9.17, 15) is 18.0 Å². The van der Waals surface area contributed by atoms with E-state index in [-0.39, 0.29) is 18.3 Å². The Morgan fingerprint density at radius 3 is 2.68 bits per heavy atom. The van der Waals surface area contributed by atoms with E-state index in [1.807, 2.05) is 0 Å². The SMILES string of the molecule is COC[C@H](C)NC(=O)Cn1nc(C(F)(F)F)cc1C. The van der Waals surface area contributed by atoms with E-state index in [1.165, 1.54) is 14.0 Å². The van der Waals surface area contributed by atoms with Crippen molar-refractivity contribution in [1.29, 1.82) is 0 Å². The van der Waals surface area contributed by atoms with Gasteiger partial charge < -0.3 is 10.1 Å². The summed E-state index contributed by atoms with van der Waals surface area (Å²) in [6, 6.07) is 0.696. The zero-order chi connectivity index (χ0) is 14.6. The smallest absolute Gasteiger partial charge is 0.383 e. The van der Waals surface area contributed by atoms with Gasteiger partial charge in [0.05, 0.1) is 6.61 Å². The fourth-order valence-electron chi connectivity index (χ4n) is 1.56. The normalized spacial score (nSPS) is 13.4. The second-order valence-electron chi connectivity index (χ2n) is 4.25. The molecule has 19 heavy (non-hydrogen) atoms. The molecule has 0 aromatic carbocycles. The largest absolute Gasteiger partial charge is 0.435 e. The summed E-state index contributed by atoms with van der Waals surface area (Å²) in [6.07, 6.45) is -4.50. The number of amides is 1. The molecule has 1 aromatic rings. The van der Waals surface area contributed by atoms with Crippen molar-refractivity contribution in [3.05, 3.63) is 17.5 Å². The quantitative estimate of drug-likeness (QED) is 0.885. The minimum absolute atomic E-state index is 0.213. The molecule has 0 spiro atoms. The number of aryl methyl sites for hydroxylation is 1. The number of hydrogen-bond acceptors (Lipinski definition) is 3. The van der Waals surface area contributed by atoms with Gasteiger partial charge in [-0.2, -0.15) is 18.3 Å². The number of halogens is 3. The number of aromatic nitrogens is 2. The van der Waals surface area contributed by atoms with Gasteiger partial charge in [0.2, 0.25) is 5.91 Å². The Morgan fingerprint density at radius 1 is 1.58 bits per heavy atom. The van der Waals surface area contributed by atoms with Crippen molar-refractivity contribution >= 4 is 5.91 Å². The summed E-state index contributed by atoms with van der Waals surface area (Å²) in [5.41, 5.74) is -0.718. The van der Waals surface area contributed by atoms with Crippen LogP contribution in [0.15, 0.2) is 6.07 Å². The topological polar surface area (TPSA) is 56.1 Å². The lowest BCUT2D eigenvalue weighted by molar-refractivity contribution is -0.141. The van der Waals surface area contributed by atoms with Crippen LogP contribution in [0.25, 0.3) is 0 Å². The predicted molar refractivity (Wildman–Crippen MR) is 61.4 cm³/mol. The van der Waals surface area contributed by atoms with Crippen molar-refractivity contribution in [3.8, 4) is 0 Å². The number of carbonyl (C=O) groups excluding carboxylic acids is 1. The third-order valence-corrected chi connectivity index (χ3v) is 2.39. The number of carbonyl (C=O) groups is 1. The summed E-state index contributed by atoms with van der Waals surface area (Å²) in [5.74, 6) is -0.413. The Balaban J connectivity index is 2.67. The lowest BCUT2D eigenvalue weighted by atomic mass is 10.3. The zero-order valence-corrected chi connectivity index (χ0v) is 10.9. The molecule has 0 saturated heterocycles. The molecule has 0 unspecified atom stereocenters. The Morgan fingerprint density at radius 2 is 2.21 bits per heavy atom. The van der Waals surface area contributed by atoms with Crippen molar-refractivity contribution in [2.75, 3.05) is 13.7 Å². The number of ether oxygens (including phenoxy) is 1. The molecule has 1 amide bonds. The zero-order valence-electron chi connectivity index (χ0n) is 10.9. The second kappa shape index (κ2) is 6.05. The van der Waals surface area contributed by atoms with Crippen molar-refractivity contribution in [1.82, 2.24) is 15.1 Å². The van der Waals surface area contributed by atoms with Crippen LogP contribution in [0, 0.1) is 6.92 Å². The molecular weight excluding hydrogens is 263 g/mol. The Bertz CT molecular complexity index is 443. The summed E-state index contributed by atoms with van der Waals surface area (Å²) in [5, 5.41) is 5.97. The number of nitrogens with one attached hydrogen (secondary N) is 1. The van der Waals surface area contributed by atoms with Gasteiger partial charge in [0.25, 0.3) is 0 Å². The molecule has 1 aromatic heterocycles. The van der Waals surface area contributed by atoms with Gasteiger partial charge in [0, 0.05) is 18.8 Å². The van der Waals surface area contributed by atoms with Gasteiger partial charge in [-0.3, -0.25) is 9.48 Å². The maximum atomic E-state index is 12.4. The van der Waals surface area contributed by atoms with Gasteiger partial charge >= 0.3 is 6.18 Å². The minimum atomic E-state index is -4.50. The molecular formula is C11H16F3N3O2. The van der Waals surface area contributed by atoms with Crippen molar-refractivity contribution in [2.24, 2.45) is 0 Å². The molecule has 108 valence electrons. The first-order valence-corrected chi connectivity index (χ1v) is 5.64. The Hall–Kier alpha value is -1.57. The Kier molecular flexibility index (Phi) is 4.93. The molecule has 0 bridgehead atoms. The number of methoxy groups -OCH3 is 1. The molecule has 0 aliphatic rings. The van der Waals surface area contributed by atoms with E-state index in [0.717, 1.165) is 10.7 Å². The monoisotopic (exact) mass is 279 g/mol. The van der Waals surface area contributed by atoms with E-state index in [4.69, 9.17) is 4.74 Å². The lowest BCUT2D eigenvalue weighted by Gasteiger charge is -2.13. The first-order chi connectivity index (χ1) is 8.74. The van der Waals surface area contributed by atoms with Crippen LogP contribution in [0.2, 0.25) is 0 Å². The van der Waals surface area contributed by atoms with Crippen molar-refractivity contribution in [3.63, 3.8) is 0 Å². The minimum Gasteiger partial charge on any atom is -0.383 e. The maximum Gasteiger partial charge on any atom is 0.435 e. The number of rotatable bonds is 5. The maximum absolute atomic E-state index is 12.4. The summed E-state index contributed by atoms with van der Waals surface area (Å²) < 4.78 is 43.2. The number of alkyl halides is 3. The fraction of sp³-hybridized carbons (Fsp3) is 0.636. The summed E-state index contributed by atoms with van der Waals surface area (Å²) in [4.78, 5) is 11.6. The molecule has 1 rings (SSSR count). The molecule has 1 N–H and O–H groups in total. The Labute approximate surface area is 108 Å². The van der Waals surface area contributed by atoms with Crippen LogP contribution in [-0.4, -0.2) is 35.4 Å². The second-order valence-corrected chi connectivity index (χ2v) is 4.25. The van der Waals surface area contributed by atoms with Gasteiger partial charge in [-0.1, -0.05) is 0 Å².